The average Bonchev–Trinajstić information content (AvgIpc) is 2.16. The molecule has 1 rings (SSSR count). The lowest BCUT2D eigenvalue weighted by Gasteiger charge is -2.02. The quantitative estimate of drug-likeness (QED) is 0.720. The minimum Gasteiger partial charge on any atom is -0.394 e. The van der Waals surface area contributed by atoms with Crippen molar-refractivity contribution in [1.29, 1.82) is 0 Å². The SMILES string of the molecule is N.O=S(=O)(OCCO)c1ccccc1. The van der Waals surface area contributed by atoms with Crippen LogP contribution in [-0.4, -0.2) is 26.7 Å². The molecule has 1 aromatic carbocycles. The Morgan fingerprint density at radius 3 is 2.29 bits per heavy atom. The van der Waals surface area contributed by atoms with Crippen LogP contribution in [0.1, 0.15) is 0 Å². The molecular weight excluding hydrogens is 206 g/mol. The van der Waals surface area contributed by atoms with Crippen molar-refractivity contribution in [2.24, 2.45) is 0 Å². The van der Waals surface area contributed by atoms with E-state index in [1.807, 2.05) is 0 Å². The molecule has 0 spiro atoms. The lowest BCUT2D eigenvalue weighted by atomic mass is 10.4. The predicted octanol–water partition coefficient (Wildman–Crippen LogP) is 0.546. The van der Waals surface area contributed by atoms with Gasteiger partial charge in [0.15, 0.2) is 0 Å². The van der Waals surface area contributed by atoms with Crippen molar-refractivity contribution in [3.8, 4) is 0 Å². The van der Waals surface area contributed by atoms with Gasteiger partial charge in [0, 0.05) is 0 Å². The van der Waals surface area contributed by atoms with Gasteiger partial charge in [-0.2, -0.15) is 8.42 Å². The Kier molecular flexibility index (Phi) is 5.32. The van der Waals surface area contributed by atoms with Gasteiger partial charge < -0.3 is 11.3 Å². The highest BCUT2D eigenvalue weighted by molar-refractivity contribution is 7.86. The van der Waals surface area contributed by atoms with Crippen molar-refractivity contribution in [3.63, 3.8) is 0 Å². The fourth-order valence-electron chi connectivity index (χ4n) is 0.802. The van der Waals surface area contributed by atoms with Crippen LogP contribution in [0.5, 0.6) is 0 Å². The number of hydrogen-bond donors (Lipinski definition) is 2. The third-order valence-electron chi connectivity index (χ3n) is 1.36. The molecular formula is C8H13NO4S. The van der Waals surface area contributed by atoms with E-state index in [1.54, 1.807) is 18.2 Å². The second-order valence-corrected chi connectivity index (χ2v) is 3.93. The molecule has 0 atom stereocenters. The Balaban J connectivity index is 0.00000169. The molecule has 4 N–H and O–H groups in total. The number of aliphatic hydroxyl groups is 1. The summed E-state index contributed by atoms with van der Waals surface area (Å²) in [6.45, 7) is -0.525. The molecule has 0 saturated heterocycles. The molecule has 0 unspecified atom stereocenters. The van der Waals surface area contributed by atoms with E-state index in [0.717, 1.165) is 0 Å². The zero-order valence-electron chi connectivity index (χ0n) is 7.59. The molecule has 0 aliphatic carbocycles. The zero-order chi connectivity index (χ0) is 9.73. The monoisotopic (exact) mass is 219 g/mol. The summed E-state index contributed by atoms with van der Waals surface area (Å²) in [6, 6.07) is 7.80. The average molecular weight is 219 g/mol. The van der Waals surface area contributed by atoms with Crippen LogP contribution in [0.2, 0.25) is 0 Å². The third-order valence-corrected chi connectivity index (χ3v) is 2.69. The maximum atomic E-state index is 11.3. The summed E-state index contributed by atoms with van der Waals surface area (Å²) in [6.07, 6.45) is 0. The van der Waals surface area contributed by atoms with E-state index < -0.39 is 10.1 Å². The maximum absolute atomic E-state index is 11.3. The number of benzene rings is 1. The summed E-state index contributed by atoms with van der Waals surface area (Å²) in [7, 11) is -3.68. The minimum absolute atomic E-state index is 0. The van der Waals surface area contributed by atoms with Gasteiger partial charge in [0.2, 0.25) is 0 Å². The minimum atomic E-state index is -3.68. The van der Waals surface area contributed by atoms with Crippen molar-refractivity contribution >= 4 is 10.1 Å². The van der Waals surface area contributed by atoms with E-state index in [4.69, 9.17) is 5.11 Å². The highest BCUT2D eigenvalue weighted by Gasteiger charge is 2.13. The molecule has 1 aromatic rings. The van der Waals surface area contributed by atoms with Crippen molar-refractivity contribution < 1.29 is 17.7 Å². The first-order valence-corrected chi connectivity index (χ1v) is 5.13. The van der Waals surface area contributed by atoms with Crippen LogP contribution >= 0.6 is 0 Å². The Morgan fingerprint density at radius 1 is 1.21 bits per heavy atom. The van der Waals surface area contributed by atoms with Crippen LogP contribution in [0.15, 0.2) is 35.2 Å². The smallest absolute Gasteiger partial charge is 0.297 e. The molecule has 0 heterocycles. The predicted molar refractivity (Wildman–Crippen MR) is 51.7 cm³/mol. The van der Waals surface area contributed by atoms with Crippen LogP contribution in [0, 0.1) is 0 Å². The second kappa shape index (κ2) is 5.71. The van der Waals surface area contributed by atoms with Gasteiger partial charge in [0.25, 0.3) is 10.1 Å². The summed E-state index contributed by atoms with van der Waals surface area (Å²) < 4.78 is 27.0. The number of aliphatic hydroxyl groups excluding tert-OH is 1. The molecule has 0 radical (unpaired) electrons. The molecule has 0 saturated carbocycles. The normalized spacial score (nSPS) is 10.6. The van der Waals surface area contributed by atoms with Gasteiger partial charge in [0.05, 0.1) is 18.1 Å². The first-order chi connectivity index (χ1) is 6.17. The first kappa shape index (κ1) is 13.1. The fraction of sp³-hybridized carbons (Fsp3) is 0.250. The molecule has 0 aromatic heterocycles. The van der Waals surface area contributed by atoms with Crippen LogP contribution in [0.4, 0.5) is 0 Å². The van der Waals surface area contributed by atoms with Crippen LogP contribution < -0.4 is 6.15 Å². The van der Waals surface area contributed by atoms with Crippen molar-refractivity contribution in [2.75, 3.05) is 13.2 Å². The standard InChI is InChI=1S/C8H10O4S.H3N/c9-6-7-12-13(10,11)8-4-2-1-3-5-8;/h1-5,9H,6-7H2;1H3. The highest BCUT2D eigenvalue weighted by atomic mass is 32.2. The summed E-state index contributed by atoms with van der Waals surface area (Å²) in [5.74, 6) is 0. The Morgan fingerprint density at radius 2 is 1.79 bits per heavy atom. The molecule has 6 heteroatoms. The van der Waals surface area contributed by atoms with Crippen molar-refractivity contribution in [2.45, 2.75) is 4.90 Å². The highest BCUT2D eigenvalue weighted by Crippen LogP contribution is 2.10. The molecule has 5 nitrogen and oxygen atoms in total. The van der Waals surface area contributed by atoms with Gasteiger partial charge in [-0.1, -0.05) is 18.2 Å². The Labute approximate surface area is 83.0 Å². The largest absolute Gasteiger partial charge is 0.394 e. The van der Waals surface area contributed by atoms with Gasteiger partial charge in [-0.15, -0.1) is 0 Å². The van der Waals surface area contributed by atoms with E-state index in [0.29, 0.717) is 0 Å². The summed E-state index contributed by atoms with van der Waals surface area (Å²) >= 11 is 0. The van der Waals surface area contributed by atoms with Gasteiger partial charge in [0.1, 0.15) is 0 Å². The number of hydrogen-bond acceptors (Lipinski definition) is 5. The molecule has 0 bridgehead atoms. The molecule has 0 aliphatic heterocycles. The van der Waals surface area contributed by atoms with E-state index in [2.05, 4.69) is 4.18 Å². The molecule has 0 fully saturated rings. The number of rotatable bonds is 4. The molecule has 14 heavy (non-hydrogen) atoms. The molecule has 0 aliphatic rings. The van der Waals surface area contributed by atoms with Crippen molar-refractivity contribution in [1.82, 2.24) is 6.15 Å². The van der Waals surface area contributed by atoms with Gasteiger partial charge >= 0.3 is 0 Å². The van der Waals surface area contributed by atoms with Gasteiger partial charge in [-0.05, 0) is 12.1 Å². The fourth-order valence-corrected chi connectivity index (χ4v) is 1.72. The van der Waals surface area contributed by atoms with E-state index in [1.165, 1.54) is 12.1 Å². The lowest BCUT2D eigenvalue weighted by Crippen LogP contribution is -2.09. The maximum Gasteiger partial charge on any atom is 0.297 e. The Hall–Kier alpha value is -0.950. The van der Waals surface area contributed by atoms with Gasteiger partial charge in [-0.3, -0.25) is 4.18 Å². The van der Waals surface area contributed by atoms with Crippen LogP contribution in [0.25, 0.3) is 0 Å². The van der Waals surface area contributed by atoms with E-state index >= 15 is 0 Å². The van der Waals surface area contributed by atoms with E-state index in [9.17, 15) is 8.42 Å². The summed E-state index contributed by atoms with van der Waals surface area (Å²) in [5, 5.41) is 8.39. The van der Waals surface area contributed by atoms with Crippen LogP contribution in [0.3, 0.4) is 0 Å². The topological polar surface area (TPSA) is 98.6 Å². The first-order valence-electron chi connectivity index (χ1n) is 3.72. The zero-order valence-corrected chi connectivity index (χ0v) is 8.40. The van der Waals surface area contributed by atoms with Crippen molar-refractivity contribution in [3.05, 3.63) is 30.3 Å². The Bertz CT molecular complexity index is 349. The summed E-state index contributed by atoms with van der Waals surface area (Å²) in [4.78, 5) is 0.100. The summed E-state index contributed by atoms with van der Waals surface area (Å²) in [5.41, 5.74) is 0. The third kappa shape index (κ3) is 3.43. The van der Waals surface area contributed by atoms with Crippen LogP contribution in [-0.2, 0) is 14.3 Å². The van der Waals surface area contributed by atoms with Gasteiger partial charge in [-0.25, -0.2) is 0 Å². The molecule has 0 amide bonds. The lowest BCUT2D eigenvalue weighted by molar-refractivity contribution is 0.205. The van der Waals surface area contributed by atoms with E-state index in [-0.39, 0.29) is 24.3 Å². The molecule has 80 valence electrons. The second-order valence-electron chi connectivity index (χ2n) is 2.31.